The van der Waals surface area contributed by atoms with Crippen molar-refractivity contribution in [3.05, 3.63) is 51.0 Å². The number of Topliss-reactive ketones (excluding diaryl/α,β-unsaturated/α-hetero) is 1. The highest BCUT2D eigenvalue weighted by atomic mass is 79.9. The lowest BCUT2D eigenvalue weighted by Gasteiger charge is -2.42. The van der Waals surface area contributed by atoms with Gasteiger partial charge in [-0.2, -0.15) is 0 Å². The Morgan fingerprint density at radius 3 is 2.33 bits per heavy atom. The van der Waals surface area contributed by atoms with Crippen molar-refractivity contribution >= 4 is 39.3 Å². The zero-order valence-electron chi connectivity index (χ0n) is 17.8. The minimum atomic E-state index is -0.653. The van der Waals surface area contributed by atoms with Crippen LogP contribution in [0.4, 0.5) is 0 Å². The Morgan fingerprint density at radius 1 is 1.03 bits per heavy atom. The summed E-state index contributed by atoms with van der Waals surface area (Å²) in [6.45, 7) is 0. The van der Waals surface area contributed by atoms with Crippen molar-refractivity contribution in [3.8, 4) is 17.2 Å². The van der Waals surface area contributed by atoms with Crippen molar-refractivity contribution in [2.75, 3.05) is 14.2 Å². The summed E-state index contributed by atoms with van der Waals surface area (Å²) in [6.07, 6.45) is 3.73. The van der Waals surface area contributed by atoms with Gasteiger partial charge >= 0.3 is 0 Å². The highest BCUT2D eigenvalue weighted by Crippen LogP contribution is 2.55. The molecule has 0 saturated carbocycles. The zero-order chi connectivity index (χ0) is 23.6. The van der Waals surface area contributed by atoms with Gasteiger partial charge in [-0.3, -0.25) is 24.5 Å². The Bertz CT molecular complexity index is 1220. The number of carbonyl (C=O) groups excluding carboxylic acids is 4. The number of phenols is 1. The van der Waals surface area contributed by atoms with Gasteiger partial charge in [-0.15, -0.1) is 0 Å². The molecule has 1 aliphatic heterocycles. The molecule has 2 amide bonds. The Morgan fingerprint density at radius 2 is 1.70 bits per heavy atom. The van der Waals surface area contributed by atoms with Crippen LogP contribution in [-0.2, 0) is 19.2 Å². The first-order valence-electron chi connectivity index (χ1n) is 10.5. The molecule has 1 fully saturated rings. The van der Waals surface area contributed by atoms with Gasteiger partial charge in [0.05, 0.1) is 30.5 Å². The third-order valence-corrected chi connectivity index (χ3v) is 7.60. The van der Waals surface area contributed by atoms with Gasteiger partial charge in [-0.1, -0.05) is 11.6 Å². The number of aromatic hydroxyl groups is 1. The average molecular weight is 514 g/mol. The summed E-state index contributed by atoms with van der Waals surface area (Å²) < 4.78 is 10.8. The van der Waals surface area contributed by atoms with Gasteiger partial charge in [-0.25, -0.2) is 0 Å². The van der Waals surface area contributed by atoms with Crippen LogP contribution in [0.5, 0.6) is 17.2 Å². The smallest absolute Gasteiger partial charge is 0.231 e. The zero-order valence-corrected chi connectivity index (χ0v) is 19.4. The molecule has 170 valence electrons. The highest BCUT2D eigenvalue weighted by molar-refractivity contribution is 9.12. The minimum Gasteiger partial charge on any atom is -0.502 e. The molecule has 4 unspecified atom stereocenters. The van der Waals surface area contributed by atoms with E-state index >= 15 is 0 Å². The molecule has 1 saturated heterocycles. The van der Waals surface area contributed by atoms with Crippen molar-refractivity contribution in [1.82, 2.24) is 5.32 Å². The van der Waals surface area contributed by atoms with Crippen molar-refractivity contribution in [1.29, 1.82) is 0 Å². The average Bonchev–Trinajstić information content (AvgIpc) is 3.10. The minimum absolute atomic E-state index is 0.156. The molecule has 0 spiro atoms. The van der Waals surface area contributed by atoms with E-state index in [0.29, 0.717) is 23.1 Å². The van der Waals surface area contributed by atoms with E-state index in [1.807, 2.05) is 6.08 Å². The first-order chi connectivity index (χ1) is 15.8. The van der Waals surface area contributed by atoms with Crippen molar-refractivity contribution in [2.45, 2.75) is 18.8 Å². The maximum Gasteiger partial charge on any atom is 0.231 e. The SMILES string of the molecule is COc1cc(C2C3=CCC4C(=O)NC(=O)C4C3CC3=C2C(=O)C=C(Br)C3=O)cc(OC)c1O. The maximum atomic E-state index is 13.2. The number of hydrogen-bond acceptors (Lipinski definition) is 7. The summed E-state index contributed by atoms with van der Waals surface area (Å²) in [5.41, 5.74) is 2.06. The van der Waals surface area contributed by atoms with E-state index in [2.05, 4.69) is 21.2 Å². The Balaban J connectivity index is 1.75. The van der Waals surface area contributed by atoms with E-state index < -0.39 is 23.7 Å². The largest absolute Gasteiger partial charge is 0.502 e. The topological polar surface area (TPSA) is 119 Å². The summed E-state index contributed by atoms with van der Waals surface area (Å²) in [7, 11) is 2.81. The molecule has 9 heteroatoms. The number of imide groups is 1. The molecule has 1 aromatic rings. The molecule has 1 heterocycles. The van der Waals surface area contributed by atoms with Crippen LogP contribution in [0, 0.1) is 17.8 Å². The van der Waals surface area contributed by atoms with E-state index in [1.54, 1.807) is 12.1 Å². The molecule has 4 atom stereocenters. The Kier molecular flexibility index (Phi) is 5.04. The summed E-state index contributed by atoms with van der Waals surface area (Å²) in [6, 6.07) is 3.21. The maximum absolute atomic E-state index is 13.2. The summed E-state index contributed by atoms with van der Waals surface area (Å²) in [5.74, 6) is -3.32. The number of amides is 2. The molecule has 3 aliphatic carbocycles. The molecule has 0 aromatic heterocycles. The fourth-order valence-electron chi connectivity index (χ4n) is 5.58. The van der Waals surface area contributed by atoms with Gasteiger partial charge in [0.1, 0.15) is 0 Å². The molecular weight excluding hydrogens is 494 g/mol. The number of methoxy groups -OCH3 is 2. The van der Waals surface area contributed by atoms with Crippen LogP contribution in [0.3, 0.4) is 0 Å². The second kappa shape index (κ2) is 7.69. The van der Waals surface area contributed by atoms with Crippen molar-refractivity contribution < 1.29 is 33.8 Å². The van der Waals surface area contributed by atoms with Gasteiger partial charge in [0.25, 0.3) is 0 Å². The van der Waals surface area contributed by atoms with Crippen LogP contribution in [-0.4, -0.2) is 42.7 Å². The number of phenolic OH excluding ortho intramolecular Hbond substituents is 1. The second-order valence-corrected chi connectivity index (χ2v) is 9.38. The van der Waals surface area contributed by atoms with Gasteiger partial charge in [0.15, 0.2) is 23.1 Å². The Labute approximate surface area is 197 Å². The number of allylic oxidation sites excluding steroid dienone is 6. The third kappa shape index (κ3) is 3.09. The van der Waals surface area contributed by atoms with E-state index in [0.717, 1.165) is 5.57 Å². The number of fused-ring (bicyclic) bond motifs is 3. The highest BCUT2D eigenvalue weighted by Gasteiger charge is 2.53. The fraction of sp³-hybridized carbons (Fsp3) is 0.333. The second-order valence-electron chi connectivity index (χ2n) is 8.52. The molecule has 1 aromatic carbocycles. The lowest BCUT2D eigenvalue weighted by Crippen LogP contribution is -2.39. The summed E-state index contributed by atoms with van der Waals surface area (Å²) in [5, 5.41) is 12.8. The predicted octanol–water partition coefficient (Wildman–Crippen LogP) is 2.46. The Hall–Kier alpha value is -3.20. The normalized spacial score (nSPS) is 28.5. The number of benzene rings is 1. The van der Waals surface area contributed by atoms with Gasteiger partial charge < -0.3 is 14.6 Å². The fourth-order valence-corrected chi connectivity index (χ4v) is 6.02. The first-order valence-corrected chi connectivity index (χ1v) is 11.2. The third-order valence-electron chi connectivity index (χ3n) is 7.01. The summed E-state index contributed by atoms with van der Waals surface area (Å²) >= 11 is 3.19. The molecule has 0 bridgehead atoms. The molecule has 4 aliphatic rings. The standard InChI is InChI=1S/C24H20BrNO7/c1-32-16-5-9(6-17(33-2)22(16)29)18-10-3-4-11-19(24(31)26-23(11)30)12(10)7-13-20(18)15(27)8-14(25)21(13)28/h3,5-6,8,11-12,18-19,29H,4,7H2,1-2H3,(H,26,30,31). The van der Waals surface area contributed by atoms with Gasteiger partial charge in [0.2, 0.25) is 17.6 Å². The molecular formula is C24H20BrNO7. The number of rotatable bonds is 3. The van der Waals surface area contributed by atoms with Crippen LogP contribution in [0.1, 0.15) is 24.3 Å². The monoisotopic (exact) mass is 513 g/mol. The number of ether oxygens (including phenoxy) is 2. The quantitative estimate of drug-likeness (QED) is 0.362. The predicted molar refractivity (Wildman–Crippen MR) is 119 cm³/mol. The number of carbonyl (C=O) groups is 4. The van der Waals surface area contributed by atoms with Crippen LogP contribution in [0.2, 0.25) is 0 Å². The first kappa shape index (κ1) is 21.6. The molecule has 5 rings (SSSR count). The number of hydrogen-bond donors (Lipinski definition) is 2. The summed E-state index contributed by atoms with van der Waals surface area (Å²) in [4.78, 5) is 51.3. The van der Waals surface area contributed by atoms with Crippen molar-refractivity contribution in [2.24, 2.45) is 17.8 Å². The molecule has 2 N–H and O–H groups in total. The molecule has 8 nitrogen and oxygen atoms in total. The van der Waals surface area contributed by atoms with Gasteiger partial charge in [0, 0.05) is 23.1 Å². The number of nitrogens with one attached hydrogen (secondary N) is 1. The van der Waals surface area contributed by atoms with Gasteiger partial charge in [-0.05, 0) is 52.4 Å². The van der Waals surface area contributed by atoms with Crippen LogP contribution < -0.4 is 14.8 Å². The number of halogens is 1. The van der Waals surface area contributed by atoms with Crippen LogP contribution in [0.15, 0.2) is 45.5 Å². The van der Waals surface area contributed by atoms with Crippen molar-refractivity contribution in [3.63, 3.8) is 0 Å². The van der Waals surface area contributed by atoms with E-state index in [1.165, 1.54) is 20.3 Å². The number of ketones is 2. The lowest BCUT2D eigenvalue weighted by molar-refractivity contribution is -0.126. The van der Waals surface area contributed by atoms with E-state index in [9.17, 15) is 24.3 Å². The molecule has 33 heavy (non-hydrogen) atoms. The van der Waals surface area contributed by atoms with E-state index in [4.69, 9.17) is 9.47 Å². The van der Waals surface area contributed by atoms with Crippen LogP contribution >= 0.6 is 15.9 Å². The van der Waals surface area contributed by atoms with Crippen LogP contribution in [0.25, 0.3) is 0 Å². The van der Waals surface area contributed by atoms with E-state index in [-0.39, 0.29) is 51.5 Å². The molecule has 0 radical (unpaired) electrons. The lowest BCUT2D eigenvalue weighted by atomic mass is 9.59.